The summed E-state index contributed by atoms with van der Waals surface area (Å²) in [6.07, 6.45) is 0. The Morgan fingerprint density at radius 2 is 1.92 bits per heavy atom. The molecule has 0 aliphatic carbocycles. The van der Waals surface area contributed by atoms with Gasteiger partial charge in [0.2, 0.25) is 0 Å². The molecule has 0 aromatic heterocycles. The molecule has 4 nitrogen and oxygen atoms in total. The zero-order valence-corrected chi connectivity index (χ0v) is 14.2. The molecule has 122 valence electrons. The maximum absolute atomic E-state index is 13.2. The molecule has 3 rings (SSSR count). The first-order chi connectivity index (χ1) is 11.4. The van der Waals surface area contributed by atoms with E-state index in [2.05, 4.69) is 17.1 Å². The fourth-order valence-corrected chi connectivity index (χ4v) is 3.75. The van der Waals surface area contributed by atoms with Gasteiger partial charge in [0.15, 0.2) is 0 Å². The molecule has 1 aliphatic heterocycles. The molecule has 0 radical (unpaired) electrons. The van der Waals surface area contributed by atoms with Gasteiger partial charge in [-0.25, -0.2) is 12.8 Å². The van der Waals surface area contributed by atoms with E-state index in [-0.39, 0.29) is 5.75 Å². The van der Waals surface area contributed by atoms with E-state index in [1.54, 1.807) is 18.2 Å². The van der Waals surface area contributed by atoms with Gasteiger partial charge in [-0.3, -0.25) is 0 Å². The molecule has 0 bridgehead atoms. The summed E-state index contributed by atoms with van der Waals surface area (Å²) in [7, 11) is -3.74. The minimum atomic E-state index is -3.74. The SMILES string of the molecule is CC#CN1N=C(c2ccc(F)cc2)c2cc(Cl)ccc2CS1(=O)=O. The standard InChI is InChI=1S/C17H12ClFN2O2S/c1-2-9-21-20-17(12-4-7-15(19)8-5-12)16-10-14(18)6-3-13(16)11-24(21,22)23/h3-8,10H,11H2,1H3. The first-order valence-corrected chi connectivity index (χ1v) is 8.98. The number of hydrazone groups is 1. The summed E-state index contributed by atoms with van der Waals surface area (Å²) in [6, 6.07) is 13.1. The quantitative estimate of drug-likeness (QED) is 0.730. The van der Waals surface area contributed by atoms with E-state index in [9.17, 15) is 12.8 Å². The van der Waals surface area contributed by atoms with Crippen LogP contribution in [-0.2, 0) is 15.8 Å². The highest BCUT2D eigenvalue weighted by Crippen LogP contribution is 2.26. The Labute approximate surface area is 144 Å². The first kappa shape index (κ1) is 16.5. The van der Waals surface area contributed by atoms with Crippen LogP contribution in [0.25, 0.3) is 0 Å². The van der Waals surface area contributed by atoms with E-state index in [1.165, 1.54) is 31.2 Å². The average Bonchev–Trinajstić information content (AvgIpc) is 2.64. The van der Waals surface area contributed by atoms with Crippen molar-refractivity contribution in [3.8, 4) is 12.0 Å². The van der Waals surface area contributed by atoms with Crippen LogP contribution in [0.5, 0.6) is 0 Å². The van der Waals surface area contributed by atoms with Crippen LogP contribution < -0.4 is 0 Å². The van der Waals surface area contributed by atoms with Crippen LogP contribution in [0.1, 0.15) is 23.6 Å². The molecule has 0 fully saturated rings. The monoisotopic (exact) mass is 362 g/mol. The van der Waals surface area contributed by atoms with Crippen molar-refractivity contribution in [2.24, 2.45) is 5.10 Å². The van der Waals surface area contributed by atoms with Crippen LogP contribution in [0.3, 0.4) is 0 Å². The van der Waals surface area contributed by atoms with Gasteiger partial charge in [-0.1, -0.05) is 23.6 Å². The van der Waals surface area contributed by atoms with Crippen molar-refractivity contribution >= 4 is 27.3 Å². The molecule has 0 spiro atoms. The Morgan fingerprint density at radius 3 is 2.58 bits per heavy atom. The van der Waals surface area contributed by atoms with Crippen LogP contribution in [0.15, 0.2) is 47.6 Å². The number of halogens is 2. The lowest BCUT2D eigenvalue weighted by Crippen LogP contribution is -2.22. The summed E-state index contributed by atoms with van der Waals surface area (Å²) < 4.78 is 39.0. The topological polar surface area (TPSA) is 49.7 Å². The lowest BCUT2D eigenvalue weighted by Gasteiger charge is -2.10. The molecule has 2 aromatic carbocycles. The third-order valence-electron chi connectivity index (χ3n) is 3.44. The average molecular weight is 363 g/mol. The number of hydrogen-bond donors (Lipinski definition) is 0. The number of benzene rings is 2. The molecule has 0 atom stereocenters. The van der Waals surface area contributed by atoms with E-state index < -0.39 is 15.8 Å². The number of nitrogens with zero attached hydrogens (tertiary/aromatic N) is 2. The molecule has 2 aromatic rings. The minimum absolute atomic E-state index is 0.248. The molecule has 24 heavy (non-hydrogen) atoms. The Bertz CT molecular complexity index is 989. The number of hydrogen-bond acceptors (Lipinski definition) is 3. The fourth-order valence-electron chi connectivity index (χ4n) is 2.37. The van der Waals surface area contributed by atoms with Crippen molar-refractivity contribution in [1.82, 2.24) is 4.41 Å². The molecule has 0 amide bonds. The number of rotatable bonds is 1. The highest BCUT2D eigenvalue weighted by molar-refractivity contribution is 7.88. The zero-order valence-electron chi connectivity index (χ0n) is 12.6. The lowest BCUT2D eigenvalue weighted by molar-refractivity contribution is 0.526. The Hall–Kier alpha value is -2.36. The summed E-state index contributed by atoms with van der Waals surface area (Å²) >= 11 is 6.07. The molecule has 0 unspecified atom stereocenters. The molecular weight excluding hydrogens is 351 g/mol. The van der Waals surface area contributed by atoms with Crippen LogP contribution in [0.4, 0.5) is 4.39 Å². The van der Waals surface area contributed by atoms with Gasteiger partial charge < -0.3 is 0 Å². The van der Waals surface area contributed by atoms with E-state index in [4.69, 9.17) is 11.6 Å². The van der Waals surface area contributed by atoms with Gasteiger partial charge in [-0.2, -0.15) is 0 Å². The van der Waals surface area contributed by atoms with Gasteiger partial charge in [-0.15, -0.1) is 9.52 Å². The van der Waals surface area contributed by atoms with Crippen molar-refractivity contribution in [2.45, 2.75) is 12.7 Å². The maximum atomic E-state index is 13.2. The maximum Gasteiger partial charge on any atom is 0.265 e. The van der Waals surface area contributed by atoms with Gasteiger partial charge in [0.05, 0.1) is 5.75 Å². The summed E-state index contributed by atoms with van der Waals surface area (Å²) in [4.78, 5) is 0. The minimum Gasteiger partial charge on any atom is -0.207 e. The third kappa shape index (κ3) is 3.14. The van der Waals surface area contributed by atoms with Gasteiger partial charge in [0.25, 0.3) is 10.0 Å². The van der Waals surface area contributed by atoms with Gasteiger partial charge >= 0.3 is 0 Å². The predicted molar refractivity (Wildman–Crippen MR) is 91.4 cm³/mol. The van der Waals surface area contributed by atoms with Crippen LogP contribution in [-0.4, -0.2) is 18.5 Å². The molecule has 1 aliphatic rings. The molecular formula is C17H12ClFN2O2S. The van der Waals surface area contributed by atoms with Crippen molar-refractivity contribution in [3.05, 3.63) is 70.0 Å². The van der Waals surface area contributed by atoms with Gasteiger partial charge in [-0.05, 0) is 48.9 Å². The largest absolute Gasteiger partial charge is 0.265 e. The fraction of sp³-hybridized carbons (Fsp3) is 0.118. The summed E-state index contributed by atoms with van der Waals surface area (Å²) in [5.41, 5.74) is 2.08. The molecule has 0 saturated heterocycles. The Kier molecular flexibility index (Phi) is 4.31. The van der Waals surface area contributed by atoms with Crippen LogP contribution in [0.2, 0.25) is 5.02 Å². The third-order valence-corrected chi connectivity index (χ3v) is 5.06. The van der Waals surface area contributed by atoms with Crippen molar-refractivity contribution in [1.29, 1.82) is 0 Å². The number of fused-ring (bicyclic) bond motifs is 1. The van der Waals surface area contributed by atoms with E-state index in [1.807, 2.05) is 0 Å². The Balaban J connectivity index is 2.30. The lowest BCUT2D eigenvalue weighted by atomic mass is 9.98. The molecule has 0 N–H and O–H groups in total. The van der Waals surface area contributed by atoms with Crippen molar-refractivity contribution < 1.29 is 12.8 Å². The highest BCUT2D eigenvalue weighted by Gasteiger charge is 2.28. The van der Waals surface area contributed by atoms with Gasteiger partial charge in [0, 0.05) is 22.2 Å². The summed E-state index contributed by atoms with van der Waals surface area (Å²) in [5, 5.41) is 4.66. The van der Waals surface area contributed by atoms with Crippen molar-refractivity contribution in [2.75, 3.05) is 0 Å². The van der Waals surface area contributed by atoms with E-state index >= 15 is 0 Å². The van der Waals surface area contributed by atoms with Crippen molar-refractivity contribution in [3.63, 3.8) is 0 Å². The van der Waals surface area contributed by atoms with Gasteiger partial charge in [0.1, 0.15) is 11.5 Å². The molecule has 1 heterocycles. The number of sulfonamides is 1. The second-order valence-corrected chi connectivity index (χ2v) is 7.35. The summed E-state index contributed by atoms with van der Waals surface area (Å²) in [5.74, 6) is 1.90. The second kappa shape index (κ2) is 6.27. The normalized spacial score (nSPS) is 15.6. The van der Waals surface area contributed by atoms with E-state index in [0.29, 0.717) is 27.4 Å². The summed E-state index contributed by atoms with van der Waals surface area (Å²) in [6.45, 7) is 1.53. The van der Waals surface area contributed by atoms with E-state index in [0.717, 1.165) is 4.41 Å². The Morgan fingerprint density at radius 1 is 1.21 bits per heavy atom. The molecule has 7 heteroatoms. The smallest absolute Gasteiger partial charge is 0.207 e. The highest BCUT2D eigenvalue weighted by atomic mass is 35.5. The predicted octanol–water partition coefficient (Wildman–Crippen LogP) is 3.36. The molecule has 0 saturated carbocycles. The second-order valence-electron chi connectivity index (χ2n) is 5.12. The first-order valence-electron chi connectivity index (χ1n) is 6.99. The van der Waals surface area contributed by atoms with Crippen LogP contribution in [0, 0.1) is 17.8 Å². The van der Waals surface area contributed by atoms with Crippen LogP contribution >= 0.6 is 11.6 Å². The zero-order chi connectivity index (χ0) is 17.3.